The maximum absolute atomic E-state index is 5.24. The second-order valence-electron chi connectivity index (χ2n) is 2.05. The van der Waals surface area contributed by atoms with Gasteiger partial charge in [-0.15, -0.1) is 0 Å². The number of allylic oxidation sites excluding steroid dienone is 1. The van der Waals surface area contributed by atoms with Crippen molar-refractivity contribution < 1.29 is 9.47 Å². The summed E-state index contributed by atoms with van der Waals surface area (Å²) < 4.78 is 10.4. The van der Waals surface area contributed by atoms with Crippen molar-refractivity contribution in [3.05, 3.63) is 11.8 Å². The van der Waals surface area contributed by atoms with Crippen LogP contribution >= 0.6 is 0 Å². The van der Waals surface area contributed by atoms with Crippen molar-refractivity contribution in [2.24, 2.45) is 0 Å². The van der Waals surface area contributed by atoms with Crippen LogP contribution in [0.2, 0.25) is 0 Å². The molecule has 0 saturated carbocycles. The quantitative estimate of drug-likeness (QED) is 0.563. The summed E-state index contributed by atoms with van der Waals surface area (Å²) in [5.74, 6) is 0.980. The van der Waals surface area contributed by atoms with Gasteiger partial charge >= 0.3 is 0 Å². The first-order chi connectivity index (χ1) is 4.33. The van der Waals surface area contributed by atoms with Gasteiger partial charge in [0.2, 0.25) is 6.29 Å². The van der Waals surface area contributed by atoms with E-state index in [0.29, 0.717) is 0 Å². The maximum Gasteiger partial charge on any atom is 0.202 e. The van der Waals surface area contributed by atoms with Gasteiger partial charge in [-0.25, -0.2) is 0 Å². The number of hydrogen-bond acceptors (Lipinski definition) is 2. The Morgan fingerprint density at radius 2 is 2.67 bits per heavy atom. The molecule has 0 aliphatic carbocycles. The van der Waals surface area contributed by atoms with Crippen LogP contribution in [0.15, 0.2) is 11.8 Å². The predicted molar refractivity (Wildman–Crippen MR) is 34.9 cm³/mol. The summed E-state index contributed by atoms with van der Waals surface area (Å²) in [6, 6.07) is 0. The molecule has 0 N–H and O–H groups in total. The Labute approximate surface area is 55.5 Å². The molecular formula is C7H12O2. The molecule has 0 radical (unpaired) electrons. The first-order valence-corrected chi connectivity index (χ1v) is 3.28. The van der Waals surface area contributed by atoms with Crippen molar-refractivity contribution in [2.45, 2.75) is 26.6 Å². The Hall–Kier alpha value is -0.500. The van der Waals surface area contributed by atoms with Gasteiger partial charge in [0.25, 0.3) is 0 Å². The van der Waals surface area contributed by atoms with Crippen LogP contribution in [-0.4, -0.2) is 12.9 Å². The minimum absolute atomic E-state index is 0.00463. The summed E-state index contributed by atoms with van der Waals surface area (Å²) in [7, 11) is 0. The van der Waals surface area contributed by atoms with Crippen molar-refractivity contribution in [3.8, 4) is 0 Å². The third-order valence-corrected chi connectivity index (χ3v) is 1.27. The molecule has 0 amide bonds. The average Bonchev–Trinajstić information content (AvgIpc) is 2.17. The molecule has 0 aromatic carbocycles. The van der Waals surface area contributed by atoms with Crippen molar-refractivity contribution in [1.82, 2.24) is 0 Å². The van der Waals surface area contributed by atoms with Crippen LogP contribution in [-0.2, 0) is 9.47 Å². The van der Waals surface area contributed by atoms with Gasteiger partial charge in [-0.05, 0) is 19.9 Å². The van der Waals surface area contributed by atoms with Crippen LogP contribution in [0.3, 0.4) is 0 Å². The fraction of sp³-hybridized carbons (Fsp3) is 0.714. The molecule has 1 aliphatic rings. The number of ether oxygens (including phenoxy) is 2. The molecule has 2 heteroatoms. The van der Waals surface area contributed by atoms with Crippen LogP contribution in [0.1, 0.15) is 20.3 Å². The summed E-state index contributed by atoms with van der Waals surface area (Å²) in [5, 5.41) is 0. The highest BCUT2D eigenvalue weighted by atomic mass is 16.7. The van der Waals surface area contributed by atoms with Gasteiger partial charge in [0.05, 0.1) is 5.76 Å². The minimum Gasteiger partial charge on any atom is -0.470 e. The molecule has 52 valence electrons. The summed E-state index contributed by atoms with van der Waals surface area (Å²) in [6.07, 6.45) is 2.94. The van der Waals surface area contributed by atoms with E-state index < -0.39 is 0 Å². The van der Waals surface area contributed by atoms with Crippen LogP contribution < -0.4 is 0 Å². The Balaban J connectivity index is 2.21. The van der Waals surface area contributed by atoms with Gasteiger partial charge in [0.1, 0.15) is 0 Å². The molecule has 9 heavy (non-hydrogen) atoms. The summed E-state index contributed by atoms with van der Waals surface area (Å²) in [5.41, 5.74) is 0. The number of hydrogen-bond donors (Lipinski definition) is 0. The summed E-state index contributed by atoms with van der Waals surface area (Å²) >= 11 is 0. The Morgan fingerprint density at radius 3 is 3.11 bits per heavy atom. The van der Waals surface area contributed by atoms with Gasteiger partial charge in [-0.1, -0.05) is 0 Å². The van der Waals surface area contributed by atoms with Gasteiger partial charge < -0.3 is 9.47 Å². The monoisotopic (exact) mass is 128 g/mol. The van der Waals surface area contributed by atoms with E-state index in [0.717, 1.165) is 18.8 Å². The van der Waals surface area contributed by atoms with E-state index in [9.17, 15) is 0 Å². The Morgan fingerprint density at radius 1 is 1.89 bits per heavy atom. The molecule has 2 nitrogen and oxygen atoms in total. The molecule has 1 aliphatic heterocycles. The second-order valence-corrected chi connectivity index (χ2v) is 2.05. The lowest BCUT2D eigenvalue weighted by Gasteiger charge is -2.10. The molecule has 1 unspecified atom stereocenters. The largest absolute Gasteiger partial charge is 0.470 e. The fourth-order valence-corrected chi connectivity index (χ4v) is 0.854. The molecule has 0 aromatic rings. The van der Waals surface area contributed by atoms with Crippen molar-refractivity contribution in [2.75, 3.05) is 6.61 Å². The van der Waals surface area contributed by atoms with E-state index in [-0.39, 0.29) is 6.29 Å². The van der Waals surface area contributed by atoms with E-state index >= 15 is 0 Å². The Kier molecular flexibility index (Phi) is 2.11. The van der Waals surface area contributed by atoms with E-state index in [2.05, 4.69) is 0 Å². The smallest absolute Gasteiger partial charge is 0.202 e. The minimum atomic E-state index is -0.00463. The topological polar surface area (TPSA) is 18.5 Å². The highest BCUT2D eigenvalue weighted by Gasteiger charge is 2.13. The van der Waals surface area contributed by atoms with Gasteiger partial charge in [0, 0.05) is 13.0 Å². The lowest BCUT2D eigenvalue weighted by atomic mass is 10.4. The zero-order valence-corrected chi connectivity index (χ0v) is 5.89. The van der Waals surface area contributed by atoms with Crippen LogP contribution in [0.25, 0.3) is 0 Å². The van der Waals surface area contributed by atoms with E-state index in [4.69, 9.17) is 9.47 Å². The zero-order valence-electron chi connectivity index (χ0n) is 5.89. The standard InChI is InChI=1S/C7H12O2/c1-3-8-7-5-4-6(2)9-7/h4,7H,3,5H2,1-2H3. The van der Waals surface area contributed by atoms with E-state index in [1.807, 2.05) is 19.9 Å². The number of rotatable bonds is 2. The fourth-order valence-electron chi connectivity index (χ4n) is 0.854. The molecule has 0 saturated heterocycles. The zero-order chi connectivity index (χ0) is 6.69. The summed E-state index contributed by atoms with van der Waals surface area (Å²) in [6.45, 7) is 4.64. The van der Waals surface area contributed by atoms with Crippen molar-refractivity contribution in [3.63, 3.8) is 0 Å². The molecule has 0 spiro atoms. The molecule has 0 aromatic heterocycles. The second kappa shape index (κ2) is 2.87. The van der Waals surface area contributed by atoms with Gasteiger partial charge in [-0.3, -0.25) is 0 Å². The molecule has 1 atom stereocenters. The summed E-state index contributed by atoms with van der Waals surface area (Å²) in [4.78, 5) is 0. The van der Waals surface area contributed by atoms with Crippen LogP contribution in [0.4, 0.5) is 0 Å². The van der Waals surface area contributed by atoms with Gasteiger partial charge in [-0.2, -0.15) is 0 Å². The first kappa shape index (κ1) is 6.62. The van der Waals surface area contributed by atoms with E-state index in [1.165, 1.54) is 0 Å². The highest BCUT2D eigenvalue weighted by molar-refractivity contribution is 4.95. The molecule has 0 bridgehead atoms. The van der Waals surface area contributed by atoms with Crippen molar-refractivity contribution in [1.29, 1.82) is 0 Å². The molecular weight excluding hydrogens is 116 g/mol. The Bertz CT molecular complexity index is 118. The van der Waals surface area contributed by atoms with Crippen LogP contribution in [0, 0.1) is 0 Å². The lowest BCUT2D eigenvalue weighted by molar-refractivity contribution is -0.0953. The first-order valence-electron chi connectivity index (χ1n) is 3.28. The van der Waals surface area contributed by atoms with Gasteiger partial charge in [0.15, 0.2) is 0 Å². The third kappa shape index (κ3) is 1.72. The molecule has 0 fully saturated rings. The SMILES string of the molecule is CCOC1CC=C(C)O1. The van der Waals surface area contributed by atoms with Crippen molar-refractivity contribution >= 4 is 0 Å². The highest BCUT2D eigenvalue weighted by Crippen LogP contribution is 2.16. The maximum atomic E-state index is 5.24. The molecule has 1 rings (SSSR count). The lowest BCUT2D eigenvalue weighted by Crippen LogP contribution is -2.10. The molecule has 1 heterocycles. The average molecular weight is 128 g/mol. The predicted octanol–water partition coefficient (Wildman–Crippen LogP) is 1.67. The third-order valence-electron chi connectivity index (χ3n) is 1.27. The normalized spacial score (nSPS) is 25.6. The van der Waals surface area contributed by atoms with E-state index in [1.54, 1.807) is 0 Å². The van der Waals surface area contributed by atoms with Crippen LogP contribution in [0.5, 0.6) is 0 Å².